The molecular weight excluding hydrogens is 306 g/mol. The highest BCUT2D eigenvalue weighted by Crippen LogP contribution is 2.21. The number of aromatic nitrogens is 4. The number of esters is 1. The Labute approximate surface area is 139 Å². The zero-order valence-corrected chi connectivity index (χ0v) is 13.4. The maximum absolute atomic E-state index is 11.9. The summed E-state index contributed by atoms with van der Waals surface area (Å²) >= 11 is 0. The Bertz CT molecular complexity index is 846. The molecule has 0 aliphatic carbocycles. The topological polar surface area (TPSA) is 81.9 Å². The molecule has 0 spiro atoms. The van der Waals surface area contributed by atoms with Gasteiger partial charge < -0.3 is 10.1 Å². The number of imidazole rings is 1. The molecule has 2 heterocycles. The van der Waals surface area contributed by atoms with Crippen LogP contribution in [-0.4, -0.2) is 32.1 Å². The summed E-state index contributed by atoms with van der Waals surface area (Å²) in [4.78, 5) is 24.6. The van der Waals surface area contributed by atoms with Crippen molar-refractivity contribution in [3.05, 3.63) is 60.3 Å². The van der Waals surface area contributed by atoms with Crippen molar-refractivity contribution in [1.82, 2.24) is 19.5 Å². The van der Waals surface area contributed by atoms with E-state index in [1.807, 2.05) is 13.0 Å². The summed E-state index contributed by atoms with van der Waals surface area (Å²) in [5, 5.41) is 3.15. The van der Waals surface area contributed by atoms with E-state index in [9.17, 15) is 4.79 Å². The second kappa shape index (κ2) is 6.91. The lowest BCUT2D eigenvalue weighted by molar-refractivity contribution is 0.0526. The quantitative estimate of drug-likeness (QED) is 0.727. The fourth-order valence-electron chi connectivity index (χ4n) is 2.17. The minimum absolute atomic E-state index is 0.339. The summed E-state index contributed by atoms with van der Waals surface area (Å²) in [5.41, 5.74) is 2.21. The lowest BCUT2D eigenvalue weighted by atomic mass is 10.1. The van der Waals surface area contributed by atoms with Crippen molar-refractivity contribution in [3.63, 3.8) is 0 Å². The smallest absolute Gasteiger partial charge is 0.338 e. The van der Waals surface area contributed by atoms with Crippen LogP contribution in [0.5, 0.6) is 0 Å². The number of aryl methyl sites for hydroxylation is 1. The van der Waals surface area contributed by atoms with Crippen molar-refractivity contribution in [2.24, 2.45) is 0 Å². The maximum atomic E-state index is 11.9. The molecular formula is C17H17N5O2. The second-order valence-corrected chi connectivity index (χ2v) is 5.08. The number of benzene rings is 1. The van der Waals surface area contributed by atoms with Crippen molar-refractivity contribution in [1.29, 1.82) is 0 Å². The fourth-order valence-corrected chi connectivity index (χ4v) is 2.17. The highest BCUT2D eigenvalue weighted by Gasteiger charge is 2.10. The molecule has 0 radical (unpaired) electrons. The fraction of sp³-hybridized carbons (Fsp3) is 0.176. The summed E-state index contributed by atoms with van der Waals surface area (Å²) in [7, 11) is 0. The van der Waals surface area contributed by atoms with Crippen LogP contribution in [0.4, 0.5) is 11.6 Å². The molecule has 0 saturated heterocycles. The van der Waals surface area contributed by atoms with Gasteiger partial charge in [-0.15, -0.1) is 0 Å². The van der Waals surface area contributed by atoms with E-state index < -0.39 is 0 Å². The van der Waals surface area contributed by atoms with Crippen LogP contribution in [0.15, 0.2) is 49.2 Å². The van der Waals surface area contributed by atoms with Crippen LogP contribution in [0, 0.1) is 6.92 Å². The molecule has 122 valence electrons. The molecule has 0 unspecified atom stereocenters. The third kappa shape index (κ3) is 3.40. The van der Waals surface area contributed by atoms with Crippen molar-refractivity contribution < 1.29 is 9.53 Å². The molecule has 2 aromatic heterocycles. The number of carbonyl (C=O) groups excluding carboxylic acids is 1. The Balaban J connectivity index is 1.87. The van der Waals surface area contributed by atoms with Gasteiger partial charge in [0.2, 0.25) is 5.95 Å². The van der Waals surface area contributed by atoms with Gasteiger partial charge in [-0.2, -0.15) is 4.98 Å². The van der Waals surface area contributed by atoms with Gasteiger partial charge in [0.15, 0.2) is 0 Å². The van der Waals surface area contributed by atoms with Crippen LogP contribution in [0.1, 0.15) is 22.8 Å². The molecule has 24 heavy (non-hydrogen) atoms. The van der Waals surface area contributed by atoms with Crippen LogP contribution in [0.3, 0.4) is 0 Å². The van der Waals surface area contributed by atoms with E-state index in [-0.39, 0.29) is 5.97 Å². The summed E-state index contributed by atoms with van der Waals surface area (Å²) < 4.78 is 6.82. The average Bonchev–Trinajstić information content (AvgIpc) is 3.12. The summed E-state index contributed by atoms with van der Waals surface area (Å²) in [6, 6.07) is 7.12. The Hall–Kier alpha value is -3.22. The van der Waals surface area contributed by atoms with Crippen LogP contribution in [0.25, 0.3) is 5.82 Å². The standard InChI is InChI=1S/C17H17N5O2/c1-3-24-16(23)13-5-4-12(2)14(10-13)20-17-19-7-6-15(21-17)22-9-8-18-11-22/h4-11H,3H2,1-2H3,(H,19,20,21). The number of ether oxygens (including phenoxy) is 1. The summed E-state index contributed by atoms with van der Waals surface area (Å²) in [6.45, 7) is 4.06. The molecule has 1 aromatic carbocycles. The highest BCUT2D eigenvalue weighted by molar-refractivity contribution is 5.91. The van der Waals surface area contributed by atoms with Gasteiger partial charge in [0.1, 0.15) is 12.1 Å². The van der Waals surface area contributed by atoms with E-state index in [1.165, 1.54) is 0 Å². The van der Waals surface area contributed by atoms with Crippen molar-refractivity contribution in [3.8, 4) is 5.82 Å². The van der Waals surface area contributed by atoms with E-state index >= 15 is 0 Å². The van der Waals surface area contributed by atoms with E-state index in [0.29, 0.717) is 23.9 Å². The summed E-state index contributed by atoms with van der Waals surface area (Å²) in [5.74, 6) is 0.781. The van der Waals surface area contributed by atoms with Crippen LogP contribution in [0.2, 0.25) is 0 Å². The number of rotatable bonds is 5. The molecule has 0 aliphatic heterocycles. The molecule has 7 heteroatoms. The molecule has 0 atom stereocenters. The zero-order chi connectivity index (χ0) is 16.9. The van der Waals surface area contributed by atoms with Crippen LogP contribution in [-0.2, 0) is 4.74 Å². The summed E-state index contributed by atoms with van der Waals surface area (Å²) in [6.07, 6.45) is 6.81. The molecule has 0 fully saturated rings. The number of hydrogen-bond acceptors (Lipinski definition) is 6. The van der Waals surface area contributed by atoms with Gasteiger partial charge in [0.05, 0.1) is 12.2 Å². The zero-order valence-electron chi connectivity index (χ0n) is 13.4. The molecule has 1 N–H and O–H groups in total. The van der Waals surface area contributed by atoms with Gasteiger partial charge in [-0.25, -0.2) is 14.8 Å². The first-order chi connectivity index (χ1) is 11.7. The SMILES string of the molecule is CCOC(=O)c1ccc(C)c(Nc2nccc(-n3ccnc3)n2)c1. The van der Waals surface area contributed by atoms with E-state index in [4.69, 9.17) is 4.74 Å². The van der Waals surface area contributed by atoms with Crippen molar-refractivity contribution in [2.45, 2.75) is 13.8 Å². The highest BCUT2D eigenvalue weighted by atomic mass is 16.5. The maximum Gasteiger partial charge on any atom is 0.338 e. The van der Waals surface area contributed by atoms with E-state index in [2.05, 4.69) is 20.3 Å². The second-order valence-electron chi connectivity index (χ2n) is 5.08. The van der Waals surface area contributed by atoms with Gasteiger partial charge in [0, 0.05) is 24.3 Å². The number of hydrogen-bond donors (Lipinski definition) is 1. The Morgan fingerprint density at radius 3 is 2.92 bits per heavy atom. The van der Waals surface area contributed by atoms with E-state index in [1.54, 1.807) is 54.6 Å². The molecule has 0 amide bonds. The molecule has 7 nitrogen and oxygen atoms in total. The first-order valence-corrected chi connectivity index (χ1v) is 7.53. The van der Waals surface area contributed by atoms with Crippen LogP contribution >= 0.6 is 0 Å². The van der Waals surface area contributed by atoms with Gasteiger partial charge >= 0.3 is 5.97 Å². The van der Waals surface area contributed by atoms with Crippen LogP contribution < -0.4 is 5.32 Å². The molecule has 3 aromatic rings. The first-order valence-electron chi connectivity index (χ1n) is 7.53. The van der Waals surface area contributed by atoms with Crippen molar-refractivity contribution in [2.75, 3.05) is 11.9 Å². The minimum Gasteiger partial charge on any atom is -0.462 e. The van der Waals surface area contributed by atoms with Gasteiger partial charge in [-0.3, -0.25) is 4.57 Å². The molecule has 3 rings (SSSR count). The van der Waals surface area contributed by atoms with E-state index in [0.717, 1.165) is 11.3 Å². The third-order valence-corrected chi connectivity index (χ3v) is 3.41. The number of anilines is 2. The van der Waals surface area contributed by atoms with Gasteiger partial charge in [-0.1, -0.05) is 6.07 Å². The number of nitrogens with one attached hydrogen (secondary N) is 1. The predicted octanol–water partition coefficient (Wildman–Crippen LogP) is 2.89. The molecule has 0 bridgehead atoms. The number of nitrogens with zero attached hydrogens (tertiary/aromatic N) is 4. The van der Waals surface area contributed by atoms with Crippen molar-refractivity contribution >= 4 is 17.6 Å². The molecule has 0 aliphatic rings. The number of carbonyl (C=O) groups is 1. The monoisotopic (exact) mass is 323 g/mol. The van der Waals surface area contributed by atoms with Gasteiger partial charge in [0.25, 0.3) is 0 Å². The minimum atomic E-state index is -0.353. The normalized spacial score (nSPS) is 10.4. The Morgan fingerprint density at radius 1 is 1.29 bits per heavy atom. The third-order valence-electron chi connectivity index (χ3n) is 3.41. The Kier molecular flexibility index (Phi) is 4.51. The van der Waals surface area contributed by atoms with Gasteiger partial charge in [-0.05, 0) is 37.6 Å². The predicted molar refractivity (Wildman–Crippen MR) is 89.6 cm³/mol. The lowest BCUT2D eigenvalue weighted by Gasteiger charge is -2.11. The Morgan fingerprint density at radius 2 is 2.17 bits per heavy atom. The first kappa shape index (κ1) is 15.7. The average molecular weight is 323 g/mol. The lowest BCUT2D eigenvalue weighted by Crippen LogP contribution is -2.07. The molecule has 0 saturated carbocycles. The largest absolute Gasteiger partial charge is 0.462 e.